The van der Waals surface area contributed by atoms with Gasteiger partial charge in [0.1, 0.15) is 11.6 Å². The highest BCUT2D eigenvalue weighted by molar-refractivity contribution is 5.52. The first-order chi connectivity index (χ1) is 9.71. The molecular formula is C14H20F3N3O. The Morgan fingerprint density at radius 2 is 2.14 bits per heavy atom. The molecule has 1 aliphatic heterocycles. The van der Waals surface area contributed by atoms with Gasteiger partial charge < -0.3 is 15.3 Å². The molecule has 2 N–H and O–H groups in total. The number of hydrogen-bond donors (Lipinski definition) is 2. The fraction of sp³-hybridized carbons (Fsp3) is 0.643. The Kier molecular flexibility index (Phi) is 4.32. The van der Waals surface area contributed by atoms with Gasteiger partial charge in [-0.1, -0.05) is 6.92 Å². The molecule has 118 valence electrons. The summed E-state index contributed by atoms with van der Waals surface area (Å²) >= 11 is 0. The third kappa shape index (κ3) is 4.00. The Hall–Kier alpha value is -1.50. The van der Waals surface area contributed by atoms with Crippen molar-refractivity contribution < 1.29 is 18.3 Å². The summed E-state index contributed by atoms with van der Waals surface area (Å²) in [6, 6.07) is 2.06. The van der Waals surface area contributed by atoms with E-state index in [1.165, 1.54) is 0 Å². The summed E-state index contributed by atoms with van der Waals surface area (Å²) < 4.78 is 39.0. The van der Waals surface area contributed by atoms with Crippen LogP contribution in [-0.2, 0) is 6.18 Å². The Labute approximate surface area is 122 Å². The summed E-state index contributed by atoms with van der Waals surface area (Å²) in [4.78, 5) is 5.92. The summed E-state index contributed by atoms with van der Waals surface area (Å²) in [5, 5.41) is 12.8. The van der Waals surface area contributed by atoms with Crippen LogP contribution in [-0.4, -0.2) is 35.3 Å². The molecule has 1 aromatic heterocycles. The number of alkyl halides is 3. The smallest absolute Gasteiger partial charge is 0.388 e. The Balaban J connectivity index is 2.31. The molecule has 1 saturated heterocycles. The van der Waals surface area contributed by atoms with E-state index in [4.69, 9.17) is 0 Å². The second-order valence-electron chi connectivity index (χ2n) is 5.69. The van der Waals surface area contributed by atoms with E-state index in [1.807, 2.05) is 6.92 Å². The van der Waals surface area contributed by atoms with E-state index in [-0.39, 0.29) is 18.2 Å². The van der Waals surface area contributed by atoms with E-state index in [0.29, 0.717) is 19.5 Å². The minimum atomic E-state index is -4.41. The van der Waals surface area contributed by atoms with Gasteiger partial charge in [-0.15, -0.1) is 0 Å². The minimum Gasteiger partial charge on any atom is -0.388 e. The molecule has 1 atom stereocenters. The Bertz CT molecular complexity index is 503. The standard InChI is InChI=1S/C14H20F3N3O/c1-3-5-18-11-7-10(14(15,16)17)8-12(19-11)20-6-4-13(2,21)9-20/h7-8,21H,3-6,9H2,1-2H3,(H,18,19). The molecule has 21 heavy (non-hydrogen) atoms. The molecule has 0 aliphatic carbocycles. The number of hydrogen-bond acceptors (Lipinski definition) is 4. The van der Waals surface area contributed by atoms with Crippen molar-refractivity contribution in [3.63, 3.8) is 0 Å². The largest absolute Gasteiger partial charge is 0.416 e. The molecule has 4 nitrogen and oxygen atoms in total. The maximum Gasteiger partial charge on any atom is 0.416 e. The highest BCUT2D eigenvalue weighted by Crippen LogP contribution is 2.34. The summed E-state index contributed by atoms with van der Waals surface area (Å²) in [5.74, 6) is 0.467. The lowest BCUT2D eigenvalue weighted by molar-refractivity contribution is -0.137. The van der Waals surface area contributed by atoms with Gasteiger partial charge in [0.15, 0.2) is 0 Å². The topological polar surface area (TPSA) is 48.4 Å². The van der Waals surface area contributed by atoms with Crippen LogP contribution in [0.3, 0.4) is 0 Å². The number of halogens is 3. The molecule has 1 fully saturated rings. The van der Waals surface area contributed by atoms with E-state index in [2.05, 4.69) is 10.3 Å². The Morgan fingerprint density at radius 1 is 1.43 bits per heavy atom. The van der Waals surface area contributed by atoms with Crippen LogP contribution in [0.15, 0.2) is 12.1 Å². The van der Waals surface area contributed by atoms with Gasteiger partial charge in [-0.05, 0) is 31.9 Å². The number of β-amino-alcohol motifs (C(OH)–C–C–N with tert-alkyl or cyclic N) is 1. The molecular weight excluding hydrogens is 283 g/mol. The van der Waals surface area contributed by atoms with E-state index in [0.717, 1.165) is 18.6 Å². The average Bonchev–Trinajstić information content (AvgIpc) is 2.75. The predicted molar refractivity (Wildman–Crippen MR) is 75.5 cm³/mol. The number of aromatic nitrogens is 1. The molecule has 0 spiro atoms. The van der Waals surface area contributed by atoms with Crippen LogP contribution in [0.25, 0.3) is 0 Å². The van der Waals surface area contributed by atoms with Crippen LogP contribution < -0.4 is 10.2 Å². The lowest BCUT2D eigenvalue weighted by Crippen LogP contribution is -2.30. The van der Waals surface area contributed by atoms with Crippen molar-refractivity contribution in [2.24, 2.45) is 0 Å². The third-order valence-electron chi connectivity index (χ3n) is 3.47. The first kappa shape index (κ1) is 15.9. The number of anilines is 2. The van der Waals surface area contributed by atoms with Gasteiger partial charge in [-0.25, -0.2) is 4.98 Å². The fourth-order valence-electron chi connectivity index (χ4n) is 2.33. The molecule has 0 radical (unpaired) electrons. The van der Waals surface area contributed by atoms with Crippen molar-refractivity contribution in [1.29, 1.82) is 0 Å². The first-order valence-corrected chi connectivity index (χ1v) is 7.02. The number of nitrogens with one attached hydrogen (secondary N) is 1. The van der Waals surface area contributed by atoms with Crippen molar-refractivity contribution in [3.8, 4) is 0 Å². The number of aliphatic hydroxyl groups is 1. The molecule has 1 unspecified atom stereocenters. The van der Waals surface area contributed by atoms with Crippen molar-refractivity contribution in [2.45, 2.75) is 38.5 Å². The SMILES string of the molecule is CCCNc1cc(C(F)(F)F)cc(N2CCC(C)(O)C2)n1. The molecule has 0 amide bonds. The van der Waals surface area contributed by atoms with Crippen molar-refractivity contribution in [2.75, 3.05) is 29.9 Å². The molecule has 7 heteroatoms. The molecule has 0 aromatic carbocycles. The zero-order chi connectivity index (χ0) is 15.7. The average molecular weight is 303 g/mol. The molecule has 1 aliphatic rings. The monoisotopic (exact) mass is 303 g/mol. The molecule has 0 saturated carbocycles. The maximum absolute atomic E-state index is 13.0. The first-order valence-electron chi connectivity index (χ1n) is 7.02. The van der Waals surface area contributed by atoms with Gasteiger partial charge in [-0.3, -0.25) is 0 Å². The van der Waals surface area contributed by atoms with Crippen LogP contribution in [0.2, 0.25) is 0 Å². The predicted octanol–water partition coefficient (Wildman–Crippen LogP) is 2.88. The molecule has 0 bridgehead atoms. The number of pyridine rings is 1. The van der Waals surface area contributed by atoms with E-state index in [9.17, 15) is 18.3 Å². The van der Waals surface area contributed by atoms with Crippen LogP contribution in [0.5, 0.6) is 0 Å². The van der Waals surface area contributed by atoms with Gasteiger partial charge >= 0.3 is 6.18 Å². The normalized spacial score (nSPS) is 22.7. The second-order valence-corrected chi connectivity index (χ2v) is 5.69. The van der Waals surface area contributed by atoms with Crippen molar-refractivity contribution >= 4 is 11.6 Å². The second kappa shape index (κ2) is 5.71. The van der Waals surface area contributed by atoms with Gasteiger partial charge in [0.2, 0.25) is 0 Å². The van der Waals surface area contributed by atoms with Crippen LogP contribution in [0.4, 0.5) is 24.8 Å². The third-order valence-corrected chi connectivity index (χ3v) is 3.47. The summed E-state index contributed by atoms with van der Waals surface area (Å²) in [5.41, 5.74) is -1.61. The Morgan fingerprint density at radius 3 is 2.67 bits per heavy atom. The summed E-state index contributed by atoms with van der Waals surface area (Å²) in [6.07, 6.45) is -3.10. The fourth-order valence-corrected chi connectivity index (χ4v) is 2.33. The number of rotatable bonds is 4. The highest BCUT2D eigenvalue weighted by atomic mass is 19.4. The number of nitrogens with zero attached hydrogens (tertiary/aromatic N) is 2. The summed E-state index contributed by atoms with van der Waals surface area (Å²) in [6.45, 7) is 4.95. The van der Waals surface area contributed by atoms with Crippen LogP contribution in [0, 0.1) is 0 Å². The molecule has 1 aromatic rings. The van der Waals surface area contributed by atoms with Crippen LogP contribution >= 0.6 is 0 Å². The van der Waals surface area contributed by atoms with E-state index < -0.39 is 17.3 Å². The lowest BCUT2D eigenvalue weighted by atomic mass is 10.1. The quantitative estimate of drug-likeness (QED) is 0.898. The minimum absolute atomic E-state index is 0.216. The molecule has 2 heterocycles. The van der Waals surface area contributed by atoms with Gasteiger partial charge in [0.25, 0.3) is 0 Å². The van der Waals surface area contributed by atoms with E-state index >= 15 is 0 Å². The van der Waals surface area contributed by atoms with Crippen LogP contribution in [0.1, 0.15) is 32.3 Å². The highest BCUT2D eigenvalue weighted by Gasteiger charge is 2.35. The van der Waals surface area contributed by atoms with Crippen molar-refractivity contribution in [1.82, 2.24) is 4.98 Å². The maximum atomic E-state index is 13.0. The van der Waals surface area contributed by atoms with Gasteiger partial charge in [0.05, 0.1) is 11.2 Å². The zero-order valence-corrected chi connectivity index (χ0v) is 12.2. The zero-order valence-electron chi connectivity index (χ0n) is 12.2. The van der Waals surface area contributed by atoms with E-state index in [1.54, 1.807) is 11.8 Å². The van der Waals surface area contributed by atoms with Gasteiger partial charge in [0, 0.05) is 19.6 Å². The lowest BCUT2D eigenvalue weighted by Gasteiger charge is -2.22. The summed E-state index contributed by atoms with van der Waals surface area (Å²) in [7, 11) is 0. The van der Waals surface area contributed by atoms with Crippen molar-refractivity contribution in [3.05, 3.63) is 17.7 Å². The van der Waals surface area contributed by atoms with Gasteiger partial charge in [-0.2, -0.15) is 13.2 Å². The molecule has 2 rings (SSSR count).